The number of rotatable bonds is 3. The Balaban J connectivity index is 3.34. The average molecular weight is 195 g/mol. The maximum absolute atomic E-state index is 11.0. The Morgan fingerprint density at radius 1 is 1.64 bits per heavy atom. The minimum absolute atomic E-state index is 0.0706. The zero-order chi connectivity index (χ0) is 10.7. The lowest BCUT2D eigenvalue weighted by Gasteiger charge is -2.09. The van der Waals surface area contributed by atoms with Gasteiger partial charge in [-0.3, -0.25) is 4.79 Å². The molecule has 0 fully saturated rings. The van der Waals surface area contributed by atoms with Gasteiger partial charge in [-0.25, -0.2) is 4.98 Å². The highest BCUT2D eigenvalue weighted by atomic mass is 16.5. The Kier molecular flexibility index (Phi) is 2.91. The number of aryl methyl sites for hydroxylation is 1. The summed E-state index contributed by atoms with van der Waals surface area (Å²) in [4.78, 5) is 15.0. The molecule has 1 amide bonds. The van der Waals surface area contributed by atoms with Crippen LogP contribution in [-0.4, -0.2) is 18.0 Å². The van der Waals surface area contributed by atoms with Gasteiger partial charge in [0.1, 0.15) is 11.4 Å². The van der Waals surface area contributed by atoms with Crippen molar-refractivity contribution in [3.63, 3.8) is 0 Å². The molecule has 5 heteroatoms. The van der Waals surface area contributed by atoms with Crippen molar-refractivity contribution >= 4 is 11.6 Å². The third kappa shape index (κ3) is 1.76. The zero-order valence-corrected chi connectivity index (χ0v) is 8.20. The minimum atomic E-state index is -0.642. The normalized spacial score (nSPS) is 9.86. The van der Waals surface area contributed by atoms with E-state index in [2.05, 4.69) is 4.98 Å². The number of nitrogens with two attached hydrogens (primary N) is 2. The maximum Gasteiger partial charge on any atom is 0.269 e. The molecule has 0 unspecified atom stereocenters. The highest BCUT2D eigenvalue weighted by Crippen LogP contribution is 2.24. The number of aromatic nitrogens is 1. The molecule has 0 saturated heterocycles. The smallest absolute Gasteiger partial charge is 0.269 e. The Morgan fingerprint density at radius 2 is 2.29 bits per heavy atom. The molecule has 76 valence electrons. The molecule has 0 aliphatic heterocycles. The predicted molar refractivity (Wildman–Crippen MR) is 53.1 cm³/mol. The molecule has 0 spiro atoms. The van der Waals surface area contributed by atoms with E-state index in [0.29, 0.717) is 12.2 Å². The molecule has 0 aliphatic rings. The lowest BCUT2D eigenvalue weighted by Crippen LogP contribution is -2.17. The molecule has 5 nitrogen and oxygen atoms in total. The summed E-state index contributed by atoms with van der Waals surface area (Å²) >= 11 is 0. The summed E-state index contributed by atoms with van der Waals surface area (Å²) in [5, 5.41) is 0. The fourth-order valence-electron chi connectivity index (χ4n) is 1.12. The van der Waals surface area contributed by atoms with Crippen molar-refractivity contribution in [2.24, 2.45) is 5.73 Å². The van der Waals surface area contributed by atoms with Crippen LogP contribution in [0.15, 0.2) is 6.07 Å². The quantitative estimate of drug-likeness (QED) is 0.727. The van der Waals surface area contributed by atoms with Crippen molar-refractivity contribution in [1.82, 2.24) is 4.98 Å². The molecule has 0 saturated carbocycles. The highest BCUT2D eigenvalue weighted by molar-refractivity contribution is 5.97. The molecular weight excluding hydrogens is 182 g/mol. The minimum Gasteiger partial charge on any atom is -0.494 e. The molecule has 1 aromatic heterocycles. The number of pyridine rings is 1. The molecule has 1 heterocycles. The molecule has 0 aromatic carbocycles. The van der Waals surface area contributed by atoms with Gasteiger partial charge in [0.05, 0.1) is 7.11 Å². The summed E-state index contributed by atoms with van der Waals surface area (Å²) in [5.41, 5.74) is 11.7. The van der Waals surface area contributed by atoms with Gasteiger partial charge in [-0.15, -0.1) is 0 Å². The van der Waals surface area contributed by atoms with Crippen LogP contribution in [0.3, 0.4) is 0 Å². The van der Waals surface area contributed by atoms with Crippen LogP contribution in [-0.2, 0) is 6.42 Å². The monoisotopic (exact) mass is 195 g/mol. The molecule has 0 aliphatic carbocycles. The van der Waals surface area contributed by atoms with Gasteiger partial charge in [-0.05, 0) is 6.42 Å². The summed E-state index contributed by atoms with van der Waals surface area (Å²) in [5.74, 6) is -0.207. The van der Waals surface area contributed by atoms with Gasteiger partial charge >= 0.3 is 0 Å². The van der Waals surface area contributed by atoms with E-state index in [1.807, 2.05) is 6.92 Å². The van der Waals surface area contributed by atoms with Gasteiger partial charge in [-0.1, -0.05) is 6.92 Å². The van der Waals surface area contributed by atoms with Crippen LogP contribution in [0.25, 0.3) is 0 Å². The van der Waals surface area contributed by atoms with E-state index >= 15 is 0 Å². The molecule has 4 N–H and O–H groups in total. The fourth-order valence-corrected chi connectivity index (χ4v) is 1.12. The zero-order valence-electron chi connectivity index (χ0n) is 8.20. The molecular formula is C9H13N3O2. The van der Waals surface area contributed by atoms with Crippen molar-refractivity contribution in [2.75, 3.05) is 12.8 Å². The number of carbonyl (C=O) groups is 1. The van der Waals surface area contributed by atoms with Crippen molar-refractivity contribution < 1.29 is 9.53 Å². The van der Waals surface area contributed by atoms with Crippen molar-refractivity contribution in [2.45, 2.75) is 13.3 Å². The summed E-state index contributed by atoms with van der Waals surface area (Å²) in [6, 6.07) is 1.70. The second-order valence-corrected chi connectivity index (χ2v) is 2.80. The third-order valence-electron chi connectivity index (χ3n) is 1.89. The largest absolute Gasteiger partial charge is 0.494 e. The topological polar surface area (TPSA) is 91.2 Å². The first kappa shape index (κ1) is 10.3. The molecule has 0 radical (unpaired) electrons. The standard InChI is InChI=1S/C9H13N3O2/c1-3-5-4-6(14-2)7(10)8(12-5)9(11)13/h4H,3,10H2,1-2H3,(H2,11,13). The Labute approximate surface area is 82.1 Å². The van der Waals surface area contributed by atoms with E-state index in [1.165, 1.54) is 7.11 Å². The van der Waals surface area contributed by atoms with Gasteiger partial charge in [-0.2, -0.15) is 0 Å². The van der Waals surface area contributed by atoms with Crippen LogP contribution in [0, 0.1) is 0 Å². The second-order valence-electron chi connectivity index (χ2n) is 2.80. The van der Waals surface area contributed by atoms with Gasteiger partial charge < -0.3 is 16.2 Å². The van der Waals surface area contributed by atoms with Crippen LogP contribution >= 0.6 is 0 Å². The number of hydrogen-bond acceptors (Lipinski definition) is 4. The SMILES string of the molecule is CCc1cc(OC)c(N)c(C(N)=O)n1. The molecule has 14 heavy (non-hydrogen) atoms. The van der Waals surface area contributed by atoms with Crippen LogP contribution in [0.5, 0.6) is 5.75 Å². The van der Waals surface area contributed by atoms with Crippen molar-refractivity contribution in [3.8, 4) is 5.75 Å². The molecule has 0 atom stereocenters. The first-order valence-corrected chi connectivity index (χ1v) is 4.23. The lowest BCUT2D eigenvalue weighted by molar-refractivity contribution is 0.0996. The number of hydrogen-bond donors (Lipinski definition) is 2. The van der Waals surface area contributed by atoms with E-state index in [9.17, 15) is 4.79 Å². The van der Waals surface area contributed by atoms with Crippen LogP contribution in [0.2, 0.25) is 0 Å². The number of carbonyl (C=O) groups excluding carboxylic acids is 1. The van der Waals surface area contributed by atoms with E-state index < -0.39 is 5.91 Å². The lowest BCUT2D eigenvalue weighted by atomic mass is 10.2. The molecule has 0 bridgehead atoms. The van der Waals surface area contributed by atoms with Crippen LogP contribution < -0.4 is 16.2 Å². The van der Waals surface area contributed by atoms with E-state index in [-0.39, 0.29) is 11.4 Å². The number of nitrogens with zero attached hydrogens (tertiary/aromatic N) is 1. The summed E-state index contributed by atoms with van der Waals surface area (Å²) in [6.45, 7) is 1.92. The number of anilines is 1. The second kappa shape index (κ2) is 3.95. The predicted octanol–water partition coefficient (Wildman–Crippen LogP) is 0.334. The van der Waals surface area contributed by atoms with Gasteiger partial charge in [0.15, 0.2) is 5.69 Å². The van der Waals surface area contributed by atoms with Gasteiger partial charge in [0.25, 0.3) is 5.91 Å². The molecule has 1 rings (SSSR count). The summed E-state index contributed by atoms with van der Waals surface area (Å²) < 4.78 is 5.01. The summed E-state index contributed by atoms with van der Waals surface area (Å²) in [7, 11) is 1.48. The van der Waals surface area contributed by atoms with E-state index in [4.69, 9.17) is 16.2 Å². The number of ether oxygens (including phenoxy) is 1. The number of amides is 1. The number of nitrogen functional groups attached to an aromatic ring is 1. The van der Waals surface area contributed by atoms with Crippen molar-refractivity contribution in [3.05, 3.63) is 17.5 Å². The fraction of sp³-hybridized carbons (Fsp3) is 0.333. The van der Waals surface area contributed by atoms with Crippen LogP contribution in [0.1, 0.15) is 23.1 Å². The average Bonchev–Trinajstić information content (AvgIpc) is 2.17. The third-order valence-corrected chi connectivity index (χ3v) is 1.89. The van der Waals surface area contributed by atoms with Gasteiger partial charge in [0, 0.05) is 11.8 Å². The van der Waals surface area contributed by atoms with Gasteiger partial charge in [0.2, 0.25) is 0 Å². The molecule has 1 aromatic rings. The summed E-state index contributed by atoms with van der Waals surface area (Å²) in [6.07, 6.45) is 0.691. The van der Waals surface area contributed by atoms with E-state index in [1.54, 1.807) is 6.07 Å². The maximum atomic E-state index is 11.0. The van der Waals surface area contributed by atoms with E-state index in [0.717, 1.165) is 5.69 Å². The Bertz CT molecular complexity index is 363. The Morgan fingerprint density at radius 3 is 2.71 bits per heavy atom. The van der Waals surface area contributed by atoms with Crippen molar-refractivity contribution in [1.29, 1.82) is 0 Å². The highest BCUT2D eigenvalue weighted by Gasteiger charge is 2.13. The van der Waals surface area contributed by atoms with Crippen LogP contribution in [0.4, 0.5) is 5.69 Å². The number of primary amides is 1. The Hall–Kier alpha value is -1.78. The first-order chi connectivity index (χ1) is 6.60. The number of methoxy groups -OCH3 is 1. The first-order valence-electron chi connectivity index (χ1n) is 4.23.